The van der Waals surface area contributed by atoms with Crippen molar-refractivity contribution < 1.29 is 4.79 Å². The number of aromatic nitrogens is 2. The Morgan fingerprint density at radius 1 is 1.19 bits per heavy atom. The zero-order valence-electron chi connectivity index (χ0n) is 16.0. The van der Waals surface area contributed by atoms with E-state index in [1.54, 1.807) is 0 Å². The molecule has 27 heavy (non-hydrogen) atoms. The predicted octanol–water partition coefficient (Wildman–Crippen LogP) is 4.70. The third-order valence-corrected chi connectivity index (χ3v) is 5.26. The summed E-state index contributed by atoms with van der Waals surface area (Å²) in [4.78, 5) is 19.5. The summed E-state index contributed by atoms with van der Waals surface area (Å²) >= 11 is 0. The second kappa shape index (κ2) is 7.03. The normalized spacial score (nSPS) is 17.0. The maximum Gasteiger partial charge on any atom is 0.227 e. The molecule has 1 aliphatic heterocycles. The Kier molecular flexibility index (Phi) is 4.56. The summed E-state index contributed by atoms with van der Waals surface area (Å²) in [5.41, 5.74) is 5.42. The van der Waals surface area contributed by atoms with Gasteiger partial charge in [-0.25, -0.2) is 4.98 Å². The van der Waals surface area contributed by atoms with Gasteiger partial charge in [0.25, 0.3) is 0 Å². The molecule has 0 bridgehead atoms. The highest BCUT2D eigenvalue weighted by atomic mass is 16.2. The van der Waals surface area contributed by atoms with Gasteiger partial charge in [0.05, 0.1) is 11.0 Å². The molecule has 0 aliphatic carbocycles. The van der Waals surface area contributed by atoms with Gasteiger partial charge in [0.15, 0.2) is 0 Å². The summed E-state index contributed by atoms with van der Waals surface area (Å²) in [6.45, 7) is 9.64. The molecule has 0 spiro atoms. The topological polar surface area (TPSA) is 38.1 Å². The number of hydrogen-bond acceptors (Lipinski definition) is 2. The summed E-state index contributed by atoms with van der Waals surface area (Å²) in [6, 6.07) is 16.5. The molecule has 1 atom stereocenters. The molecule has 1 aromatic heterocycles. The SMILES string of the molecule is C=C(C)Cn1c(C2CC(=O)N(c3ccc(CC)cc3)C2)nc2ccccc21. The Hall–Kier alpha value is -2.88. The number of allylic oxidation sites excluding steroid dienone is 1. The fraction of sp³-hybridized carbons (Fsp3) is 0.304. The van der Waals surface area contributed by atoms with Gasteiger partial charge in [-0.05, 0) is 43.2 Å². The molecule has 138 valence electrons. The average Bonchev–Trinajstić information content (AvgIpc) is 3.22. The van der Waals surface area contributed by atoms with Crippen LogP contribution in [0.2, 0.25) is 0 Å². The standard InChI is InChI=1S/C23H25N3O/c1-4-17-9-11-19(12-10-17)25-15-18(13-22(25)27)23-24-20-7-5-6-8-21(20)26(23)14-16(2)3/h5-12,18H,2,4,13-15H2,1,3H3. The summed E-state index contributed by atoms with van der Waals surface area (Å²) < 4.78 is 2.22. The van der Waals surface area contributed by atoms with Crippen molar-refractivity contribution in [1.29, 1.82) is 0 Å². The lowest BCUT2D eigenvalue weighted by molar-refractivity contribution is -0.117. The molecule has 1 unspecified atom stereocenters. The smallest absolute Gasteiger partial charge is 0.227 e. The first-order chi connectivity index (χ1) is 13.1. The van der Waals surface area contributed by atoms with Crippen LogP contribution in [0.1, 0.15) is 37.6 Å². The van der Waals surface area contributed by atoms with Crippen molar-refractivity contribution in [2.45, 2.75) is 39.2 Å². The Bertz CT molecular complexity index is 1000. The van der Waals surface area contributed by atoms with E-state index in [-0.39, 0.29) is 11.8 Å². The molecule has 4 rings (SSSR count). The first-order valence-electron chi connectivity index (χ1n) is 9.55. The highest BCUT2D eigenvalue weighted by Gasteiger charge is 2.34. The minimum atomic E-state index is 0.0927. The molecular weight excluding hydrogens is 334 g/mol. The molecule has 4 nitrogen and oxygen atoms in total. The predicted molar refractivity (Wildman–Crippen MR) is 110 cm³/mol. The fourth-order valence-electron chi connectivity index (χ4n) is 3.88. The molecule has 2 heterocycles. The van der Waals surface area contributed by atoms with Crippen molar-refractivity contribution in [2.75, 3.05) is 11.4 Å². The number of aryl methyl sites for hydroxylation is 1. The number of amides is 1. The summed E-state index contributed by atoms with van der Waals surface area (Å²) in [5.74, 6) is 1.24. The number of rotatable bonds is 5. The van der Waals surface area contributed by atoms with E-state index in [0.29, 0.717) is 13.0 Å². The maximum absolute atomic E-state index is 12.7. The van der Waals surface area contributed by atoms with Crippen LogP contribution in [0.4, 0.5) is 5.69 Å². The zero-order chi connectivity index (χ0) is 19.0. The molecule has 0 saturated carbocycles. The van der Waals surface area contributed by atoms with Gasteiger partial charge < -0.3 is 9.47 Å². The Morgan fingerprint density at radius 2 is 1.93 bits per heavy atom. The van der Waals surface area contributed by atoms with Gasteiger partial charge >= 0.3 is 0 Å². The molecule has 1 aliphatic rings. The quantitative estimate of drug-likeness (QED) is 0.620. The Morgan fingerprint density at radius 3 is 2.63 bits per heavy atom. The molecule has 1 fully saturated rings. The van der Waals surface area contributed by atoms with E-state index in [4.69, 9.17) is 4.98 Å². The van der Waals surface area contributed by atoms with Crippen LogP contribution in [0.3, 0.4) is 0 Å². The maximum atomic E-state index is 12.7. The number of carbonyl (C=O) groups is 1. The van der Waals surface area contributed by atoms with E-state index in [1.165, 1.54) is 5.56 Å². The zero-order valence-corrected chi connectivity index (χ0v) is 16.0. The number of anilines is 1. The monoisotopic (exact) mass is 359 g/mol. The number of benzene rings is 2. The summed E-state index contributed by atoms with van der Waals surface area (Å²) in [6.07, 6.45) is 1.50. The van der Waals surface area contributed by atoms with Gasteiger partial charge in [-0.2, -0.15) is 0 Å². The van der Waals surface area contributed by atoms with Crippen molar-refractivity contribution in [3.05, 3.63) is 72.1 Å². The highest BCUT2D eigenvalue weighted by Crippen LogP contribution is 2.33. The minimum absolute atomic E-state index is 0.0927. The van der Waals surface area contributed by atoms with E-state index in [2.05, 4.69) is 48.4 Å². The second-order valence-corrected chi connectivity index (χ2v) is 7.43. The molecule has 0 N–H and O–H groups in total. The van der Waals surface area contributed by atoms with Gasteiger partial charge in [0.1, 0.15) is 5.82 Å². The molecule has 0 radical (unpaired) electrons. The molecule has 1 amide bonds. The number of para-hydroxylation sites is 2. The molecule has 3 aromatic rings. The third kappa shape index (κ3) is 3.27. The van der Waals surface area contributed by atoms with Crippen LogP contribution in [-0.2, 0) is 17.8 Å². The lowest BCUT2D eigenvalue weighted by Crippen LogP contribution is -2.24. The first kappa shape index (κ1) is 17.5. The minimum Gasteiger partial charge on any atom is -0.324 e. The first-order valence-corrected chi connectivity index (χ1v) is 9.55. The molecule has 4 heteroatoms. The largest absolute Gasteiger partial charge is 0.324 e. The lowest BCUT2D eigenvalue weighted by atomic mass is 10.1. The van der Waals surface area contributed by atoms with Gasteiger partial charge in [-0.1, -0.05) is 43.3 Å². The Labute approximate surface area is 160 Å². The van der Waals surface area contributed by atoms with Crippen LogP contribution < -0.4 is 4.90 Å². The third-order valence-electron chi connectivity index (χ3n) is 5.26. The summed E-state index contributed by atoms with van der Waals surface area (Å²) in [5, 5.41) is 0. The van der Waals surface area contributed by atoms with E-state index in [0.717, 1.165) is 41.1 Å². The molecular formula is C23H25N3O. The van der Waals surface area contributed by atoms with E-state index < -0.39 is 0 Å². The van der Waals surface area contributed by atoms with Crippen LogP contribution >= 0.6 is 0 Å². The number of hydrogen-bond donors (Lipinski definition) is 0. The van der Waals surface area contributed by atoms with Gasteiger partial charge in [-0.3, -0.25) is 4.79 Å². The molecule has 2 aromatic carbocycles. The highest BCUT2D eigenvalue weighted by molar-refractivity contribution is 5.96. The van der Waals surface area contributed by atoms with Crippen molar-refractivity contribution in [3.8, 4) is 0 Å². The number of fused-ring (bicyclic) bond motifs is 1. The van der Waals surface area contributed by atoms with E-state index in [1.807, 2.05) is 30.0 Å². The van der Waals surface area contributed by atoms with Crippen LogP contribution in [0, 0.1) is 0 Å². The van der Waals surface area contributed by atoms with Crippen LogP contribution in [0.5, 0.6) is 0 Å². The lowest BCUT2D eigenvalue weighted by Gasteiger charge is -2.18. The van der Waals surface area contributed by atoms with Gasteiger partial charge in [0, 0.05) is 31.1 Å². The van der Waals surface area contributed by atoms with E-state index >= 15 is 0 Å². The van der Waals surface area contributed by atoms with Gasteiger partial charge in [0.2, 0.25) is 5.91 Å². The van der Waals surface area contributed by atoms with Crippen molar-refractivity contribution in [3.63, 3.8) is 0 Å². The van der Waals surface area contributed by atoms with Crippen molar-refractivity contribution >= 4 is 22.6 Å². The van der Waals surface area contributed by atoms with Crippen LogP contribution in [-0.4, -0.2) is 22.0 Å². The summed E-state index contributed by atoms with van der Waals surface area (Å²) in [7, 11) is 0. The van der Waals surface area contributed by atoms with Gasteiger partial charge in [-0.15, -0.1) is 0 Å². The van der Waals surface area contributed by atoms with Crippen LogP contribution in [0.15, 0.2) is 60.7 Å². The van der Waals surface area contributed by atoms with Crippen molar-refractivity contribution in [1.82, 2.24) is 9.55 Å². The fourth-order valence-corrected chi connectivity index (χ4v) is 3.88. The number of nitrogens with zero attached hydrogens (tertiary/aromatic N) is 3. The average molecular weight is 359 g/mol. The number of imidazole rings is 1. The van der Waals surface area contributed by atoms with Crippen molar-refractivity contribution in [2.24, 2.45) is 0 Å². The second-order valence-electron chi connectivity index (χ2n) is 7.43. The Balaban J connectivity index is 1.68. The molecule has 1 saturated heterocycles. The number of carbonyl (C=O) groups excluding carboxylic acids is 1. The van der Waals surface area contributed by atoms with E-state index in [9.17, 15) is 4.79 Å². The van der Waals surface area contributed by atoms with Crippen LogP contribution in [0.25, 0.3) is 11.0 Å².